The zero-order valence-corrected chi connectivity index (χ0v) is 11.7. The molecular formula is C11H11ClN2O2S2. The van der Waals surface area contributed by atoms with Crippen LogP contribution in [-0.4, -0.2) is 19.9 Å². The van der Waals surface area contributed by atoms with Crippen LogP contribution in [0.3, 0.4) is 0 Å². The lowest BCUT2D eigenvalue weighted by Crippen LogP contribution is -2.25. The molecule has 0 aliphatic rings. The zero-order valence-electron chi connectivity index (χ0n) is 9.34. The van der Waals surface area contributed by atoms with Crippen LogP contribution in [0.4, 0.5) is 0 Å². The van der Waals surface area contributed by atoms with Gasteiger partial charge in [0, 0.05) is 29.6 Å². The summed E-state index contributed by atoms with van der Waals surface area (Å²) in [5.74, 6) is 0. The number of rotatable bonds is 5. The molecule has 0 saturated heterocycles. The Hall–Kier alpha value is -0.950. The zero-order chi connectivity index (χ0) is 13.0. The largest absolute Gasteiger partial charge is 0.250 e. The molecule has 0 radical (unpaired) electrons. The van der Waals surface area contributed by atoms with Crippen molar-refractivity contribution in [3.05, 3.63) is 45.9 Å². The van der Waals surface area contributed by atoms with Crippen molar-refractivity contribution < 1.29 is 8.42 Å². The van der Waals surface area contributed by atoms with Crippen LogP contribution >= 0.6 is 22.9 Å². The fourth-order valence-corrected chi connectivity index (χ4v) is 3.34. The summed E-state index contributed by atoms with van der Waals surface area (Å²) in [6, 6.07) is 6.18. The number of benzene rings is 1. The summed E-state index contributed by atoms with van der Waals surface area (Å²) >= 11 is 7.27. The second kappa shape index (κ2) is 5.79. The highest BCUT2D eigenvalue weighted by atomic mass is 35.5. The Balaban J connectivity index is 1.99. The summed E-state index contributed by atoms with van der Waals surface area (Å²) in [6.45, 7) is 0.322. The quantitative estimate of drug-likeness (QED) is 0.922. The lowest BCUT2D eigenvalue weighted by Gasteiger charge is -2.05. The number of hydrogen-bond donors (Lipinski definition) is 1. The van der Waals surface area contributed by atoms with E-state index in [0.717, 1.165) is 5.01 Å². The maximum Gasteiger partial charge on any atom is 0.240 e. The highest BCUT2D eigenvalue weighted by Gasteiger charge is 2.13. The number of nitrogens with one attached hydrogen (secondary N) is 1. The van der Waals surface area contributed by atoms with Crippen molar-refractivity contribution >= 4 is 33.0 Å². The van der Waals surface area contributed by atoms with E-state index < -0.39 is 10.0 Å². The third-order valence-corrected chi connectivity index (χ3v) is 4.75. The van der Waals surface area contributed by atoms with Gasteiger partial charge >= 0.3 is 0 Å². The van der Waals surface area contributed by atoms with Crippen LogP contribution in [0.1, 0.15) is 5.01 Å². The topological polar surface area (TPSA) is 59.1 Å². The molecule has 0 bridgehead atoms. The van der Waals surface area contributed by atoms with Crippen molar-refractivity contribution in [1.29, 1.82) is 0 Å². The van der Waals surface area contributed by atoms with Gasteiger partial charge in [-0.1, -0.05) is 17.7 Å². The lowest BCUT2D eigenvalue weighted by molar-refractivity contribution is 0.581. The van der Waals surface area contributed by atoms with Crippen molar-refractivity contribution in [3.63, 3.8) is 0 Å². The fraction of sp³-hybridized carbons (Fsp3) is 0.182. The minimum absolute atomic E-state index is 0.175. The Bertz CT molecular complexity index is 612. The summed E-state index contributed by atoms with van der Waals surface area (Å²) in [5.41, 5.74) is 0. The molecule has 0 aliphatic carbocycles. The molecule has 96 valence electrons. The van der Waals surface area contributed by atoms with E-state index in [9.17, 15) is 8.42 Å². The number of nitrogens with zero attached hydrogens (tertiary/aromatic N) is 1. The van der Waals surface area contributed by atoms with Gasteiger partial charge in [0.25, 0.3) is 0 Å². The molecular weight excluding hydrogens is 292 g/mol. The molecule has 18 heavy (non-hydrogen) atoms. The predicted molar refractivity (Wildman–Crippen MR) is 72.5 cm³/mol. The number of aromatic nitrogens is 1. The van der Waals surface area contributed by atoms with E-state index in [0.29, 0.717) is 18.0 Å². The Morgan fingerprint density at radius 2 is 2.22 bits per heavy atom. The summed E-state index contributed by atoms with van der Waals surface area (Å²) < 4.78 is 26.4. The second-order valence-corrected chi connectivity index (χ2v) is 6.71. The van der Waals surface area contributed by atoms with Crippen LogP contribution in [0.25, 0.3) is 0 Å². The molecule has 1 aromatic heterocycles. The highest BCUT2D eigenvalue weighted by molar-refractivity contribution is 7.89. The van der Waals surface area contributed by atoms with E-state index in [-0.39, 0.29) is 4.90 Å². The number of halogens is 1. The summed E-state index contributed by atoms with van der Waals surface area (Å²) in [6.07, 6.45) is 2.28. The fourth-order valence-electron chi connectivity index (χ4n) is 1.39. The Morgan fingerprint density at radius 3 is 2.89 bits per heavy atom. The van der Waals surface area contributed by atoms with Gasteiger partial charge in [-0.2, -0.15) is 0 Å². The monoisotopic (exact) mass is 302 g/mol. The molecule has 2 aromatic rings. The number of sulfonamides is 1. The van der Waals surface area contributed by atoms with Crippen molar-refractivity contribution in [1.82, 2.24) is 9.71 Å². The van der Waals surface area contributed by atoms with Crippen LogP contribution in [0, 0.1) is 0 Å². The molecule has 2 rings (SSSR count). The third kappa shape index (κ3) is 3.52. The smallest absolute Gasteiger partial charge is 0.240 e. The summed E-state index contributed by atoms with van der Waals surface area (Å²) in [7, 11) is -3.49. The van der Waals surface area contributed by atoms with E-state index >= 15 is 0 Å². The van der Waals surface area contributed by atoms with Crippen LogP contribution in [0.5, 0.6) is 0 Å². The van der Waals surface area contributed by atoms with Gasteiger partial charge in [0.2, 0.25) is 10.0 Å². The minimum atomic E-state index is -3.49. The van der Waals surface area contributed by atoms with E-state index in [2.05, 4.69) is 9.71 Å². The molecule has 1 aromatic carbocycles. The standard InChI is InChI=1S/C11H11ClN2O2S2/c12-9-2-1-3-10(8-9)18(15,16)14-5-4-11-13-6-7-17-11/h1-3,6-8,14H,4-5H2. The average Bonchev–Trinajstić information content (AvgIpc) is 2.82. The van der Waals surface area contributed by atoms with Crippen LogP contribution in [-0.2, 0) is 16.4 Å². The molecule has 1 N–H and O–H groups in total. The van der Waals surface area contributed by atoms with Gasteiger partial charge in [0.05, 0.1) is 9.90 Å². The van der Waals surface area contributed by atoms with Crippen LogP contribution < -0.4 is 4.72 Å². The molecule has 7 heteroatoms. The van der Waals surface area contributed by atoms with E-state index in [1.54, 1.807) is 18.3 Å². The Kier molecular flexibility index (Phi) is 4.34. The Labute approximate surface area is 115 Å². The van der Waals surface area contributed by atoms with Gasteiger partial charge in [0.15, 0.2) is 0 Å². The third-order valence-electron chi connectivity index (χ3n) is 2.22. The first-order valence-corrected chi connectivity index (χ1v) is 7.95. The van der Waals surface area contributed by atoms with E-state index in [1.807, 2.05) is 5.38 Å². The summed E-state index contributed by atoms with van der Waals surface area (Å²) in [5, 5.41) is 3.17. The van der Waals surface area contributed by atoms with E-state index in [4.69, 9.17) is 11.6 Å². The van der Waals surface area contributed by atoms with Gasteiger partial charge in [-0.3, -0.25) is 0 Å². The van der Waals surface area contributed by atoms with Crippen molar-refractivity contribution in [2.45, 2.75) is 11.3 Å². The first-order chi connectivity index (χ1) is 8.58. The first kappa shape index (κ1) is 13.5. The molecule has 0 amide bonds. The van der Waals surface area contributed by atoms with Crippen molar-refractivity contribution in [2.75, 3.05) is 6.54 Å². The Morgan fingerprint density at radius 1 is 1.39 bits per heavy atom. The van der Waals surface area contributed by atoms with Crippen molar-refractivity contribution in [3.8, 4) is 0 Å². The van der Waals surface area contributed by atoms with Gasteiger partial charge in [-0.25, -0.2) is 18.1 Å². The first-order valence-electron chi connectivity index (χ1n) is 5.21. The van der Waals surface area contributed by atoms with Gasteiger partial charge < -0.3 is 0 Å². The molecule has 0 saturated carbocycles. The maximum absolute atomic E-state index is 11.9. The number of thiazole rings is 1. The predicted octanol–water partition coefficient (Wildman–Crippen LogP) is 2.32. The number of hydrogen-bond acceptors (Lipinski definition) is 4. The molecule has 0 unspecified atom stereocenters. The van der Waals surface area contributed by atoms with Gasteiger partial charge in [0.1, 0.15) is 0 Å². The molecule has 0 spiro atoms. The lowest BCUT2D eigenvalue weighted by atomic mass is 10.4. The van der Waals surface area contributed by atoms with E-state index in [1.165, 1.54) is 23.5 Å². The molecule has 1 heterocycles. The maximum atomic E-state index is 11.9. The molecule has 0 atom stereocenters. The normalized spacial score (nSPS) is 11.6. The van der Waals surface area contributed by atoms with Gasteiger partial charge in [-0.15, -0.1) is 11.3 Å². The summed E-state index contributed by atoms with van der Waals surface area (Å²) in [4.78, 5) is 4.26. The molecule has 0 fully saturated rings. The second-order valence-electron chi connectivity index (χ2n) is 3.53. The average molecular weight is 303 g/mol. The molecule has 0 aliphatic heterocycles. The van der Waals surface area contributed by atoms with Gasteiger partial charge in [-0.05, 0) is 18.2 Å². The molecule has 4 nitrogen and oxygen atoms in total. The van der Waals surface area contributed by atoms with Crippen molar-refractivity contribution in [2.24, 2.45) is 0 Å². The highest BCUT2D eigenvalue weighted by Crippen LogP contribution is 2.15. The SMILES string of the molecule is O=S(=O)(NCCc1nccs1)c1cccc(Cl)c1. The minimum Gasteiger partial charge on any atom is -0.250 e. The van der Waals surface area contributed by atoms with Crippen LogP contribution in [0.15, 0.2) is 40.7 Å². The van der Waals surface area contributed by atoms with Crippen LogP contribution in [0.2, 0.25) is 5.02 Å².